The molecule has 0 saturated heterocycles. The maximum absolute atomic E-state index is 9.99. The second-order valence-electron chi connectivity index (χ2n) is 5.74. The fourth-order valence-corrected chi connectivity index (χ4v) is 2.28. The molecule has 1 aromatic carbocycles. The van der Waals surface area contributed by atoms with Crippen LogP contribution in [0.5, 0.6) is 5.75 Å². The van der Waals surface area contributed by atoms with Crippen LogP contribution in [-0.2, 0) is 0 Å². The monoisotopic (exact) mass is 315 g/mol. The summed E-state index contributed by atoms with van der Waals surface area (Å²) in [6, 6.07) is 3.85. The number of aryl methyl sites for hydroxylation is 1. The number of ether oxygens (including phenoxy) is 1. The summed E-state index contributed by atoms with van der Waals surface area (Å²) in [5.74, 6) is 1.07. The molecular weight excluding hydrogens is 290 g/mol. The molecule has 0 amide bonds. The van der Waals surface area contributed by atoms with Crippen LogP contribution in [0.1, 0.15) is 30.9 Å². The van der Waals surface area contributed by atoms with Crippen LogP contribution < -0.4 is 4.74 Å². The second-order valence-corrected chi connectivity index (χ2v) is 6.15. The first-order valence-electron chi connectivity index (χ1n) is 7.25. The lowest BCUT2D eigenvalue weighted by Crippen LogP contribution is -2.34. The summed E-state index contributed by atoms with van der Waals surface area (Å²) in [6.45, 7) is 7.40. The zero-order chi connectivity index (χ0) is 16.0. The van der Waals surface area contributed by atoms with Gasteiger partial charge in [0.1, 0.15) is 18.5 Å². The molecule has 4 nitrogen and oxygen atoms in total. The van der Waals surface area contributed by atoms with Gasteiger partial charge in [-0.15, -0.1) is 0 Å². The summed E-state index contributed by atoms with van der Waals surface area (Å²) in [6.07, 6.45) is -0.599. The molecule has 0 saturated carbocycles. The molecule has 0 heterocycles. The second kappa shape index (κ2) is 8.59. The van der Waals surface area contributed by atoms with Gasteiger partial charge < -0.3 is 19.8 Å². The highest BCUT2D eigenvalue weighted by Crippen LogP contribution is 2.32. The van der Waals surface area contributed by atoms with Crippen molar-refractivity contribution >= 4 is 11.6 Å². The highest BCUT2D eigenvalue weighted by Gasteiger charge is 2.14. The van der Waals surface area contributed by atoms with Crippen molar-refractivity contribution in [3.8, 4) is 5.75 Å². The third-order valence-electron chi connectivity index (χ3n) is 3.35. The van der Waals surface area contributed by atoms with Crippen molar-refractivity contribution < 1.29 is 14.9 Å². The van der Waals surface area contributed by atoms with E-state index in [0.717, 1.165) is 21.9 Å². The maximum atomic E-state index is 9.99. The highest BCUT2D eigenvalue weighted by atomic mass is 35.5. The van der Waals surface area contributed by atoms with Gasteiger partial charge in [0.2, 0.25) is 0 Å². The Morgan fingerprint density at radius 2 is 2.00 bits per heavy atom. The fourth-order valence-electron chi connectivity index (χ4n) is 2.11. The molecule has 0 unspecified atom stereocenters. The Morgan fingerprint density at radius 1 is 1.33 bits per heavy atom. The van der Waals surface area contributed by atoms with Crippen LogP contribution >= 0.6 is 11.6 Å². The molecule has 0 spiro atoms. The van der Waals surface area contributed by atoms with Gasteiger partial charge in [-0.1, -0.05) is 25.4 Å². The van der Waals surface area contributed by atoms with Crippen LogP contribution in [0.3, 0.4) is 0 Å². The molecule has 0 aliphatic rings. The van der Waals surface area contributed by atoms with E-state index in [9.17, 15) is 5.11 Å². The zero-order valence-electron chi connectivity index (χ0n) is 13.3. The molecule has 0 fully saturated rings. The first kappa shape index (κ1) is 18.2. The minimum atomic E-state index is -0.599. The van der Waals surface area contributed by atoms with Gasteiger partial charge in [0, 0.05) is 18.1 Å². The van der Waals surface area contributed by atoms with Gasteiger partial charge in [-0.25, -0.2) is 0 Å². The van der Waals surface area contributed by atoms with E-state index in [0.29, 0.717) is 19.0 Å². The summed E-state index contributed by atoms with van der Waals surface area (Å²) in [4.78, 5) is 1.87. The molecular formula is C16H26ClNO3. The minimum Gasteiger partial charge on any atom is -0.491 e. The third-order valence-corrected chi connectivity index (χ3v) is 3.76. The first-order chi connectivity index (χ1) is 9.85. The predicted molar refractivity (Wildman–Crippen MR) is 86.4 cm³/mol. The van der Waals surface area contributed by atoms with Crippen LogP contribution in [0.25, 0.3) is 0 Å². The highest BCUT2D eigenvalue weighted by molar-refractivity contribution is 6.31. The van der Waals surface area contributed by atoms with E-state index < -0.39 is 6.10 Å². The number of nitrogens with zero attached hydrogens (tertiary/aromatic N) is 1. The summed E-state index contributed by atoms with van der Waals surface area (Å²) >= 11 is 6.16. The lowest BCUT2D eigenvalue weighted by Gasteiger charge is -2.21. The molecule has 21 heavy (non-hydrogen) atoms. The van der Waals surface area contributed by atoms with Crippen LogP contribution in [0.4, 0.5) is 0 Å². The van der Waals surface area contributed by atoms with Crippen LogP contribution in [0, 0.1) is 6.92 Å². The van der Waals surface area contributed by atoms with E-state index in [1.54, 1.807) is 0 Å². The lowest BCUT2D eigenvalue weighted by molar-refractivity contribution is 0.0706. The van der Waals surface area contributed by atoms with E-state index in [-0.39, 0.29) is 13.2 Å². The van der Waals surface area contributed by atoms with Gasteiger partial charge in [0.25, 0.3) is 0 Å². The standard InChI is InChI=1S/C16H26ClNO3/c1-11(2)14-8-15(17)12(3)7-16(14)21-10-13(20)9-18(4)5-6-19/h7-8,11,13,19-20H,5-6,9-10H2,1-4H3/t13-/m0/s1. The van der Waals surface area contributed by atoms with E-state index in [1.165, 1.54) is 0 Å². The quantitative estimate of drug-likeness (QED) is 0.773. The Balaban J connectivity index is 2.68. The third kappa shape index (κ3) is 5.83. The molecule has 1 rings (SSSR count). The Kier molecular flexibility index (Phi) is 7.46. The number of aliphatic hydroxyl groups excluding tert-OH is 2. The van der Waals surface area contributed by atoms with E-state index in [2.05, 4.69) is 13.8 Å². The van der Waals surface area contributed by atoms with Crippen molar-refractivity contribution in [2.75, 3.05) is 33.4 Å². The van der Waals surface area contributed by atoms with Crippen LogP contribution in [0.2, 0.25) is 5.02 Å². The first-order valence-corrected chi connectivity index (χ1v) is 7.63. The van der Waals surface area contributed by atoms with E-state index in [1.807, 2.05) is 31.0 Å². The smallest absolute Gasteiger partial charge is 0.123 e. The zero-order valence-corrected chi connectivity index (χ0v) is 14.0. The summed E-state index contributed by atoms with van der Waals surface area (Å²) in [7, 11) is 1.85. The molecule has 0 aliphatic heterocycles. The van der Waals surface area contributed by atoms with Crippen molar-refractivity contribution in [2.45, 2.75) is 32.8 Å². The number of likely N-dealkylation sites (N-methyl/N-ethyl adjacent to an activating group) is 1. The van der Waals surface area contributed by atoms with Gasteiger partial charge in [-0.05, 0) is 43.1 Å². The predicted octanol–water partition coefficient (Wildman–Crippen LogP) is 2.44. The molecule has 120 valence electrons. The number of rotatable bonds is 8. The average molecular weight is 316 g/mol. The molecule has 5 heteroatoms. The Hall–Kier alpha value is -0.810. The average Bonchev–Trinajstić information content (AvgIpc) is 2.39. The topological polar surface area (TPSA) is 52.9 Å². The summed E-state index contributed by atoms with van der Waals surface area (Å²) < 4.78 is 5.78. The van der Waals surface area contributed by atoms with Gasteiger partial charge in [0.15, 0.2) is 0 Å². The molecule has 0 aliphatic carbocycles. The SMILES string of the molecule is Cc1cc(OC[C@@H](O)CN(C)CCO)c(C(C)C)cc1Cl. The lowest BCUT2D eigenvalue weighted by atomic mass is 10.0. The van der Waals surface area contributed by atoms with Crippen molar-refractivity contribution in [1.29, 1.82) is 0 Å². The van der Waals surface area contributed by atoms with Crippen molar-refractivity contribution in [3.63, 3.8) is 0 Å². The fraction of sp³-hybridized carbons (Fsp3) is 0.625. The molecule has 0 radical (unpaired) electrons. The van der Waals surface area contributed by atoms with E-state index >= 15 is 0 Å². The Morgan fingerprint density at radius 3 is 2.57 bits per heavy atom. The number of hydrogen-bond acceptors (Lipinski definition) is 4. The van der Waals surface area contributed by atoms with Crippen molar-refractivity contribution in [2.24, 2.45) is 0 Å². The van der Waals surface area contributed by atoms with Crippen LogP contribution in [-0.4, -0.2) is 54.6 Å². The van der Waals surface area contributed by atoms with Crippen molar-refractivity contribution in [3.05, 3.63) is 28.3 Å². The Labute approximate surface area is 132 Å². The summed E-state index contributed by atoms with van der Waals surface area (Å²) in [5, 5.41) is 19.6. The molecule has 0 bridgehead atoms. The molecule has 1 aromatic rings. The summed E-state index contributed by atoms with van der Waals surface area (Å²) in [5.41, 5.74) is 2.00. The number of halogens is 1. The number of hydrogen-bond donors (Lipinski definition) is 2. The molecule has 1 atom stereocenters. The largest absolute Gasteiger partial charge is 0.491 e. The van der Waals surface area contributed by atoms with Crippen molar-refractivity contribution in [1.82, 2.24) is 4.90 Å². The number of aliphatic hydroxyl groups is 2. The van der Waals surface area contributed by atoms with Gasteiger partial charge in [0.05, 0.1) is 6.61 Å². The van der Waals surface area contributed by atoms with E-state index in [4.69, 9.17) is 21.4 Å². The number of benzene rings is 1. The van der Waals surface area contributed by atoms with Gasteiger partial charge in [-0.3, -0.25) is 0 Å². The Bertz CT molecular complexity index is 451. The maximum Gasteiger partial charge on any atom is 0.123 e. The minimum absolute atomic E-state index is 0.0813. The molecule has 0 aromatic heterocycles. The van der Waals surface area contributed by atoms with Gasteiger partial charge >= 0.3 is 0 Å². The van der Waals surface area contributed by atoms with Gasteiger partial charge in [-0.2, -0.15) is 0 Å². The van der Waals surface area contributed by atoms with Crippen LogP contribution in [0.15, 0.2) is 12.1 Å². The normalized spacial score (nSPS) is 13.0. The molecule has 2 N–H and O–H groups in total.